The Balaban J connectivity index is 2.48. The van der Waals surface area contributed by atoms with Crippen molar-refractivity contribution in [2.24, 2.45) is 5.73 Å². The molecule has 2 aromatic heterocycles. The van der Waals surface area contributed by atoms with Gasteiger partial charge in [0.1, 0.15) is 17.4 Å². The summed E-state index contributed by atoms with van der Waals surface area (Å²) in [6, 6.07) is 1.61. The third-order valence-corrected chi connectivity index (χ3v) is 2.17. The number of aryl methyl sites for hydroxylation is 1. The van der Waals surface area contributed by atoms with Gasteiger partial charge in [-0.2, -0.15) is 0 Å². The van der Waals surface area contributed by atoms with E-state index in [-0.39, 0.29) is 5.84 Å². The van der Waals surface area contributed by atoms with E-state index in [1.807, 2.05) is 6.92 Å². The summed E-state index contributed by atoms with van der Waals surface area (Å²) in [6.45, 7) is 2.01. The van der Waals surface area contributed by atoms with Gasteiger partial charge in [0.2, 0.25) is 5.95 Å². The minimum atomic E-state index is -0.0678. The lowest BCUT2D eigenvalue weighted by atomic mass is 10.4. The Morgan fingerprint density at radius 2 is 2.25 bits per heavy atom. The monoisotopic (exact) mass is 216 g/mol. The van der Waals surface area contributed by atoms with E-state index >= 15 is 0 Å². The van der Waals surface area contributed by atoms with E-state index in [0.29, 0.717) is 11.6 Å². The molecule has 6 nitrogen and oxygen atoms in total. The van der Waals surface area contributed by atoms with Gasteiger partial charge in [0, 0.05) is 25.0 Å². The Morgan fingerprint density at radius 3 is 2.94 bits per heavy atom. The van der Waals surface area contributed by atoms with E-state index in [1.165, 1.54) is 0 Å². The number of hydrogen-bond donors (Lipinski definition) is 2. The van der Waals surface area contributed by atoms with Crippen molar-refractivity contribution >= 4 is 5.84 Å². The molecule has 0 unspecified atom stereocenters. The van der Waals surface area contributed by atoms with Gasteiger partial charge in [0.25, 0.3) is 0 Å². The number of nitrogens with two attached hydrogens (primary N) is 1. The van der Waals surface area contributed by atoms with Crippen molar-refractivity contribution in [3.8, 4) is 5.95 Å². The number of amidine groups is 1. The van der Waals surface area contributed by atoms with Crippen LogP contribution in [0, 0.1) is 5.41 Å². The average molecular weight is 216 g/mol. The van der Waals surface area contributed by atoms with Crippen molar-refractivity contribution in [2.45, 2.75) is 13.3 Å². The zero-order valence-electron chi connectivity index (χ0n) is 8.88. The first kappa shape index (κ1) is 10.3. The number of imidazole rings is 1. The van der Waals surface area contributed by atoms with Crippen molar-refractivity contribution in [3.63, 3.8) is 0 Å². The van der Waals surface area contributed by atoms with Crippen LogP contribution in [0.2, 0.25) is 0 Å². The Kier molecular flexibility index (Phi) is 2.63. The summed E-state index contributed by atoms with van der Waals surface area (Å²) in [5.74, 6) is 1.30. The van der Waals surface area contributed by atoms with Gasteiger partial charge in [-0.15, -0.1) is 0 Å². The zero-order valence-corrected chi connectivity index (χ0v) is 8.88. The number of hydrogen-bond acceptors (Lipinski definition) is 4. The van der Waals surface area contributed by atoms with Gasteiger partial charge in [0.05, 0.1) is 0 Å². The minimum Gasteiger partial charge on any atom is -0.382 e. The highest BCUT2D eigenvalue weighted by molar-refractivity contribution is 5.92. The van der Waals surface area contributed by atoms with Crippen LogP contribution in [0.1, 0.15) is 18.4 Å². The molecule has 0 fully saturated rings. The lowest BCUT2D eigenvalue weighted by molar-refractivity contribution is 0.833. The van der Waals surface area contributed by atoms with Crippen LogP contribution >= 0.6 is 0 Å². The number of rotatable bonds is 3. The molecule has 0 aliphatic rings. The van der Waals surface area contributed by atoms with Crippen LogP contribution in [0.15, 0.2) is 24.7 Å². The van der Waals surface area contributed by atoms with Crippen LogP contribution in [-0.4, -0.2) is 25.4 Å². The molecule has 0 saturated carbocycles. The fraction of sp³-hybridized carbons (Fsp3) is 0.200. The molecule has 0 amide bonds. The van der Waals surface area contributed by atoms with Gasteiger partial charge >= 0.3 is 0 Å². The molecule has 0 aliphatic carbocycles. The molecule has 3 N–H and O–H groups in total. The van der Waals surface area contributed by atoms with Crippen molar-refractivity contribution in [1.82, 2.24) is 19.5 Å². The summed E-state index contributed by atoms with van der Waals surface area (Å²) in [5.41, 5.74) is 5.79. The Labute approximate surface area is 92.7 Å². The topological polar surface area (TPSA) is 93.5 Å². The van der Waals surface area contributed by atoms with Crippen LogP contribution in [0.3, 0.4) is 0 Å². The highest BCUT2D eigenvalue weighted by atomic mass is 15.2. The predicted molar refractivity (Wildman–Crippen MR) is 59.5 cm³/mol. The maximum atomic E-state index is 7.32. The molecule has 0 aromatic carbocycles. The van der Waals surface area contributed by atoms with Gasteiger partial charge in [-0.3, -0.25) is 9.98 Å². The summed E-state index contributed by atoms with van der Waals surface area (Å²) in [7, 11) is 0. The predicted octanol–water partition coefficient (Wildman–Crippen LogP) is 0.509. The Bertz CT molecular complexity index is 516. The van der Waals surface area contributed by atoms with Crippen molar-refractivity contribution < 1.29 is 0 Å². The molecule has 0 bridgehead atoms. The van der Waals surface area contributed by atoms with E-state index < -0.39 is 0 Å². The molecule has 0 saturated heterocycles. The van der Waals surface area contributed by atoms with Gasteiger partial charge in [0.15, 0.2) is 0 Å². The van der Waals surface area contributed by atoms with E-state index in [1.54, 1.807) is 29.2 Å². The van der Waals surface area contributed by atoms with E-state index in [0.717, 1.165) is 12.2 Å². The second-order valence-electron chi connectivity index (χ2n) is 3.22. The molecular formula is C10H12N6. The number of nitrogen functional groups attached to an aromatic ring is 1. The standard InChI is InChI=1S/C10H12N6/c1-2-8-13-5-6-16(8)10-14-4-3-7(15-10)9(11)12/h3-6H,2H2,1H3,(H3,11,12). The molecule has 0 spiro atoms. The minimum absolute atomic E-state index is 0.0678. The first-order valence-corrected chi connectivity index (χ1v) is 4.92. The zero-order chi connectivity index (χ0) is 11.5. The summed E-state index contributed by atoms with van der Waals surface area (Å²) < 4.78 is 1.78. The quantitative estimate of drug-likeness (QED) is 0.577. The second-order valence-corrected chi connectivity index (χ2v) is 3.22. The third-order valence-electron chi connectivity index (χ3n) is 2.17. The molecule has 16 heavy (non-hydrogen) atoms. The van der Waals surface area contributed by atoms with Crippen LogP contribution < -0.4 is 5.73 Å². The van der Waals surface area contributed by atoms with Gasteiger partial charge in [-0.25, -0.2) is 15.0 Å². The lowest BCUT2D eigenvalue weighted by Crippen LogP contribution is -2.15. The largest absolute Gasteiger partial charge is 0.382 e. The Morgan fingerprint density at radius 1 is 1.44 bits per heavy atom. The van der Waals surface area contributed by atoms with Crippen LogP contribution in [0.4, 0.5) is 0 Å². The molecule has 82 valence electrons. The van der Waals surface area contributed by atoms with Crippen molar-refractivity contribution in [1.29, 1.82) is 5.41 Å². The molecule has 0 aliphatic heterocycles. The number of nitrogens with zero attached hydrogens (tertiary/aromatic N) is 4. The second kappa shape index (κ2) is 4.09. The smallest absolute Gasteiger partial charge is 0.235 e. The summed E-state index contributed by atoms with van der Waals surface area (Å²) in [5, 5.41) is 7.32. The first-order valence-electron chi connectivity index (χ1n) is 4.92. The maximum Gasteiger partial charge on any atom is 0.235 e. The van der Waals surface area contributed by atoms with Crippen LogP contribution in [0.25, 0.3) is 5.95 Å². The van der Waals surface area contributed by atoms with E-state index in [2.05, 4.69) is 15.0 Å². The third kappa shape index (κ3) is 1.77. The van der Waals surface area contributed by atoms with Gasteiger partial charge in [-0.05, 0) is 6.07 Å². The summed E-state index contributed by atoms with van der Waals surface area (Å²) in [4.78, 5) is 12.5. The van der Waals surface area contributed by atoms with Crippen molar-refractivity contribution in [2.75, 3.05) is 0 Å². The molecular weight excluding hydrogens is 204 g/mol. The fourth-order valence-corrected chi connectivity index (χ4v) is 1.39. The SMILES string of the molecule is CCc1nccn1-c1nccc(C(=N)N)n1. The van der Waals surface area contributed by atoms with E-state index in [9.17, 15) is 0 Å². The molecule has 2 aromatic rings. The molecule has 2 rings (SSSR count). The molecule has 0 atom stereocenters. The molecule has 0 radical (unpaired) electrons. The fourth-order valence-electron chi connectivity index (χ4n) is 1.39. The number of nitrogens with one attached hydrogen (secondary N) is 1. The first-order chi connectivity index (χ1) is 7.72. The van der Waals surface area contributed by atoms with Gasteiger partial charge in [-0.1, -0.05) is 6.92 Å². The highest BCUT2D eigenvalue weighted by Crippen LogP contribution is 2.06. The molecule has 2 heterocycles. The highest BCUT2D eigenvalue weighted by Gasteiger charge is 2.07. The van der Waals surface area contributed by atoms with Crippen LogP contribution in [0.5, 0.6) is 0 Å². The van der Waals surface area contributed by atoms with Gasteiger partial charge < -0.3 is 5.73 Å². The number of aromatic nitrogens is 4. The van der Waals surface area contributed by atoms with Crippen LogP contribution in [-0.2, 0) is 6.42 Å². The summed E-state index contributed by atoms with van der Waals surface area (Å²) >= 11 is 0. The van der Waals surface area contributed by atoms with E-state index in [4.69, 9.17) is 11.1 Å². The summed E-state index contributed by atoms with van der Waals surface area (Å²) in [6.07, 6.45) is 5.86. The average Bonchev–Trinajstić information content (AvgIpc) is 2.77. The lowest BCUT2D eigenvalue weighted by Gasteiger charge is -2.05. The van der Waals surface area contributed by atoms with Crippen molar-refractivity contribution in [3.05, 3.63) is 36.2 Å². The molecule has 6 heteroatoms. The normalized spacial score (nSPS) is 10.3. The maximum absolute atomic E-state index is 7.32. The Hall–Kier alpha value is -2.24.